The minimum atomic E-state index is -4.91. The first-order chi connectivity index (χ1) is 20.6. The molecule has 0 aliphatic rings. The van der Waals surface area contributed by atoms with Crippen LogP contribution in [0.2, 0.25) is 30.7 Å². The van der Waals surface area contributed by atoms with Gasteiger partial charge in [-0.15, -0.1) is 0 Å². The lowest BCUT2D eigenvalue weighted by molar-refractivity contribution is -0.138. The Morgan fingerprint density at radius 1 is 1.09 bits per heavy atom. The summed E-state index contributed by atoms with van der Waals surface area (Å²) in [7, 11) is -1.41. The van der Waals surface area contributed by atoms with Crippen molar-refractivity contribution in [3.05, 3.63) is 80.1 Å². The number of aryl methyl sites for hydroxylation is 1. The van der Waals surface area contributed by atoms with Gasteiger partial charge in [-0.3, -0.25) is 9.59 Å². The SMILES string of the molecule is C[C@@H](CCCn1ccc2cc(-c3ncc(Cl)cn3)c(F)cc2c1=O)Nc1cnn(COCC[Si](C)(C)C)c(=O)c1C(F)(F)F. The van der Waals surface area contributed by atoms with Gasteiger partial charge in [-0.1, -0.05) is 31.2 Å². The van der Waals surface area contributed by atoms with Gasteiger partial charge in [0.1, 0.15) is 18.1 Å². The third kappa shape index (κ3) is 8.30. The molecule has 0 aliphatic carbocycles. The van der Waals surface area contributed by atoms with Gasteiger partial charge in [-0.25, -0.2) is 19.0 Å². The highest BCUT2D eigenvalue weighted by molar-refractivity contribution is 6.76. The van der Waals surface area contributed by atoms with Gasteiger partial charge in [0.15, 0.2) is 5.82 Å². The zero-order valence-electron chi connectivity index (χ0n) is 24.7. The second-order valence-corrected chi connectivity index (χ2v) is 17.8. The third-order valence-corrected chi connectivity index (χ3v) is 8.80. The van der Waals surface area contributed by atoms with Crippen molar-refractivity contribution >= 4 is 36.1 Å². The molecule has 1 atom stereocenters. The molecule has 236 valence electrons. The predicted octanol–water partition coefficient (Wildman–Crippen LogP) is 6.42. The Labute approximate surface area is 256 Å². The van der Waals surface area contributed by atoms with E-state index < -0.39 is 48.5 Å². The van der Waals surface area contributed by atoms with Gasteiger partial charge in [-0.2, -0.15) is 18.3 Å². The van der Waals surface area contributed by atoms with Crippen molar-refractivity contribution in [1.82, 2.24) is 24.3 Å². The largest absolute Gasteiger partial charge is 0.423 e. The molecule has 4 aromatic rings. The van der Waals surface area contributed by atoms with Crippen LogP contribution in [0.3, 0.4) is 0 Å². The van der Waals surface area contributed by atoms with Crippen molar-refractivity contribution in [2.75, 3.05) is 11.9 Å². The Kier molecular flexibility index (Phi) is 10.3. The number of pyridine rings is 1. The Hall–Kier alpha value is -3.62. The van der Waals surface area contributed by atoms with E-state index in [0.29, 0.717) is 34.5 Å². The summed E-state index contributed by atoms with van der Waals surface area (Å²) >= 11 is 5.81. The molecule has 0 radical (unpaired) electrons. The minimum absolute atomic E-state index is 0.126. The van der Waals surface area contributed by atoms with E-state index in [9.17, 15) is 27.2 Å². The molecule has 0 amide bonds. The number of rotatable bonds is 12. The molecule has 0 unspecified atom stereocenters. The van der Waals surface area contributed by atoms with E-state index >= 15 is 0 Å². The molecule has 44 heavy (non-hydrogen) atoms. The van der Waals surface area contributed by atoms with Crippen LogP contribution in [0.4, 0.5) is 23.2 Å². The molecule has 3 aromatic heterocycles. The van der Waals surface area contributed by atoms with E-state index in [1.54, 1.807) is 19.2 Å². The summed E-state index contributed by atoms with van der Waals surface area (Å²) in [5.74, 6) is -0.534. The maximum Gasteiger partial charge on any atom is 0.423 e. The number of fused-ring (bicyclic) bond motifs is 1. The summed E-state index contributed by atoms with van der Waals surface area (Å²) in [6.45, 7) is 8.29. The van der Waals surface area contributed by atoms with Crippen LogP contribution in [0.5, 0.6) is 0 Å². The molecule has 0 aliphatic heterocycles. The van der Waals surface area contributed by atoms with Crippen molar-refractivity contribution < 1.29 is 22.3 Å². The Morgan fingerprint density at radius 3 is 2.45 bits per heavy atom. The van der Waals surface area contributed by atoms with Crippen LogP contribution in [0.15, 0.2) is 52.6 Å². The molecular formula is C29H33ClF4N6O3Si. The smallest absolute Gasteiger partial charge is 0.381 e. The number of benzene rings is 1. The molecule has 0 spiro atoms. The van der Waals surface area contributed by atoms with Gasteiger partial charge in [0, 0.05) is 45.9 Å². The maximum absolute atomic E-state index is 14.9. The highest BCUT2D eigenvalue weighted by Gasteiger charge is 2.38. The van der Waals surface area contributed by atoms with Gasteiger partial charge < -0.3 is 14.6 Å². The average Bonchev–Trinajstić information content (AvgIpc) is 2.93. The van der Waals surface area contributed by atoms with E-state index in [0.717, 1.165) is 18.3 Å². The standard InChI is InChI=1S/C29H33ClF4N6O3Si/c1-18(38-24-16-37-40(17-43-10-11-44(2,3)4)28(42)25(24)29(32,33)34)6-5-8-39-9-7-19-12-22(23(31)13-21(19)27(39)41)26-35-14-20(30)15-36-26/h7,9,12-16,18,38H,5-6,8,10-11,17H2,1-4H3/t18-/m0/s1. The molecule has 1 aromatic carbocycles. The van der Waals surface area contributed by atoms with E-state index in [-0.39, 0.29) is 30.0 Å². The molecule has 9 nitrogen and oxygen atoms in total. The Bertz CT molecular complexity index is 1740. The summed E-state index contributed by atoms with van der Waals surface area (Å²) in [6.07, 6.45) is 1.12. The van der Waals surface area contributed by atoms with Crippen LogP contribution in [-0.4, -0.2) is 45.0 Å². The molecule has 0 bridgehead atoms. The van der Waals surface area contributed by atoms with E-state index in [1.807, 2.05) is 0 Å². The van der Waals surface area contributed by atoms with Crippen LogP contribution in [0.25, 0.3) is 22.2 Å². The van der Waals surface area contributed by atoms with E-state index in [2.05, 4.69) is 40.0 Å². The average molecular weight is 653 g/mol. The zero-order chi connectivity index (χ0) is 32.2. The third-order valence-electron chi connectivity index (χ3n) is 6.90. The molecule has 15 heteroatoms. The summed E-state index contributed by atoms with van der Waals surface area (Å²) in [5.41, 5.74) is -3.34. The topological polar surface area (TPSA) is 104 Å². The first-order valence-corrected chi connectivity index (χ1v) is 18.0. The lowest BCUT2D eigenvalue weighted by atomic mass is 10.1. The number of hydrogen-bond acceptors (Lipinski definition) is 7. The van der Waals surface area contributed by atoms with Gasteiger partial charge in [0.05, 0.1) is 27.9 Å². The maximum atomic E-state index is 14.9. The molecule has 3 heterocycles. The summed E-state index contributed by atoms with van der Waals surface area (Å²) < 4.78 is 64.1. The zero-order valence-corrected chi connectivity index (χ0v) is 26.5. The lowest BCUT2D eigenvalue weighted by Crippen LogP contribution is -2.34. The number of nitrogens with one attached hydrogen (secondary N) is 1. The number of alkyl halides is 3. The van der Waals surface area contributed by atoms with Crippen LogP contribution in [-0.2, 0) is 24.2 Å². The van der Waals surface area contributed by atoms with E-state index in [1.165, 1.54) is 23.0 Å². The number of hydrogen-bond donors (Lipinski definition) is 1. The van der Waals surface area contributed by atoms with Gasteiger partial charge >= 0.3 is 6.18 Å². The van der Waals surface area contributed by atoms with Crippen molar-refractivity contribution in [2.24, 2.45) is 0 Å². The number of anilines is 1. The van der Waals surface area contributed by atoms with Crippen LogP contribution in [0.1, 0.15) is 25.3 Å². The quantitative estimate of drug-likeness (QED) is 0.107. The summed E-state index contributed by atoms with van der Waals surface area (Å²) in [5, 5.41) is 7.60. The van der Waals surface area contributed by atoms with Crippen molar-refractivity contribution in [3.8, 4) is 11.4 Å². The number of aromatic nitrogens is 5. The molecule has 0 saturated carbocycles. The number of halogens is 5. The second-order valence-electron chi connectivity index (χ2n) is 11.7. The first-order valence-electron chi connectivity index (χ1n) is 14.0. The van der Waals surface area contributed by atoms with Gasteiger partial charge in [0.2, 0.25) is 0 Å². The molecule has 0 saturated heterocycles. The van der Waals surface area contributed by atoms with Crippen LogP contribution >= 0.6 is 11.6 Å². The van der Waals surface area contributed by atoms with Crippen molar-refractivity contribution in [1.29, 1.82) is 0 Å². The Morgan fingerprint density at radius 2 is 1.80 bits per heavy atom. The summed E-state index contributed by atoms with van der Waals surface area (Å²) in [6, 6.07) is 4.61. The minimum Gasteiger partial charge on any atom is -0.381 e. The molecule has 1 N–H and O–H groups in total. The van der Waals surface area contributed by atoms with Crippen LogP contribution < -0.4 is 16.4 Å². The van der Waals surface area contributed by atoms with Gasteiger partial charge in [0.25, 0.3) is 11.1 Å². The fourth-order valence-corrected chi connectivity index (χ4v) is 5.36. The van der Waals surface area contributed by atoms with Gasteiger partial charge in [-0.05, 0) is 49.4 Å². The monoisotopic (exact) mass is 652 g/mol. The predicted molar refractivity (Wildman–Crippen MR) is 164 cm³/mol. The normalized spacial score (nSPS) is 12.9. The lowest BCUT2D eigenvalue weighted by Gasteiger charge is -2.20. The first kappa shape index (κ1) is 33.3. The van der Waals surface area contributed by atoms with E-state index in [4.69, 9.17) is 16.3 Å². The van der Waals surface area contributed by atoms with Crippen molar-refractivity contribution in [3.63, 3.8) is 0 Å². The highest BCUT2D eigenvalue weighted by atomic mass is 35.5. The number of ether oxygens (including phenoxy) is 1. The molecule has 0 fully saturated rings. The van der Waals surface area contributed by atoms with Crippen LogP contribution in [0, 0.1) is 5.82 Å². The second kappa shape index (κ2) is 13.6. The summed E-state index contributed by atoms with van der Waals surface area (Å²) in [4.78, 5) is 33.8. The molecular weight excluding hydrogens is 620 g/mol. The number of nitrogens with zero attached hydrogens (tertiary/aromatic N) is 5. The fraction of sp³-hybridized carbons (Fsp3) is 0.414. The highest BCUT2D eigenvalue weighted by Crippen LogP contribution is 2.32. The van der Waals surface area contributed by atoms with Crippen molar-refractivity contribution in [2.45, 2.75) is 70.9 Å². The molecule has 4 rings (SSSR count). The fourth-order valence-electron chi connectivity index (χ4n) is 4.50. The Balaban J connectivity index is 1.42.